The normalized spacial score (nSPS) is 39.2. The van der Waals surface area contributed by atoms with E-state index in [0.717, 1.165) is 38.9 Å². The fourth-order valence-corrected chi connectivity index (χ4v) is 3.05. The summed E-state index contributed by atoms with van der Waals surface area (Å²) in [6.45, 7) is 4.30. The van der Waals surface area contributed by atoms with E-state index in [1.165, 1.54) is 12.8 Å². The lowest BCUT2D eigenvalue weighted by atomic mass is 9.82. The maximum atomic E-state index is 9.12. The van der Waals surface area contributed by atoms with Gasteiger partial charge in [-0.05, 0) is 38.0 Å². The molecule has 1 saturated heterocycles. The molecule has 3 heteroatoms. The van der Waals surface area contributed by atoms with Gasteiger partial charge in [0.05, 0.1) is 13.2 Å². The van der Waals surface area contributed by atoms with Gasteiger partial charge in [-0.15, -0.1) is 0 Å². The summed E-state index contributed by atoms with van der Waals surface area (Å²) in [7, 11) is 0. The van der Waals surface area contributed by atoms with Crippen LogP contribution in [0.5, 0.6) is 0 Å². The molecule has 0 bridgehead atoms. The molecule has 100 valence electrons. The molecule has 0 spiro atoms. The van der Waals surface area contributed by atoms with Crippen molar-refractivity contribution in [1.29, 1.82) is 0 Å². The Morgan fingerprint density at radius 3 is 2.18 bits per heavy atom. The van der Waals surface area contributed by atoms with Crippen LogP contribution in [0.3, 0.4) is 0 Å². The van der Waals surface area contributed by atoms with Crippen LogP contribution >= 0.6 is 0 Å². The van der Waals surface area contributed by atoms with Gasteiger partial charge >= 0.3 is 0 Å². The van der Waals surface area contributed by atoms with Crippen LogP contribution in [0.2, 0.25) is 0 Å². The van der Waals surface area contributed by atoms with Crippen molar-refractivity contribution in [2.45, 2.75) is 51.7 Å². The van der Waals surface area contributed by atoms with Crippen molar-refractivity contribution >= 4 is 0 Å². The molecule has 1 saturated carbocycles. The molecule has 1 N–H and O–H groups in total. The van der Waals surface area contributed by atoms with Crippen LogP contribution in [-0.4, -0.2) is 31.2 Å². The standard InChI is InChI=1S/C14H26O3/c1-2-3-12-9-16-14(17-10-12)13-6-4-11(8-15)5-7-13/h11-15H,2-10H2,1H3. The summed E-state index contributed by atoms with van der Waals surface area (Å²) < 4.78 is 11.7. The van der Waals surface area contributed by atoms with Crippen LogP contribution in [-0.2, 0) is 9.47 Å². The van der Waals surface area contributed by atoms with Crippen LogP contribution in [0.25, 0.3) is 0 Å². The van der Waals surface area contributed by atoms with Crippen molar-refractivity contribution in [2.75, 3.05) is 19.8 Å². The van der Waals surface area contributed by atoms with Gasteiger partial charge in [0.25, 0.3) is 0 Å². The third-order valence-electron chi connectivity index (χ3n) is 4.22. The number of aliphatic hydroxyl groups is 1. The van der Waals surface area contributed by atoms with Crippen molar-refractivity contribution in [1.82, 2.24) is 0 Å². The minimum Gasteiger partial charge on any atom is -0.396 e. The van der Waals surface area contributed by atoms with Gasteiger partial charge in [0.15, 0.2) is 6.29 Å². The Labute approximate surface area is 104 Å². The molecule has 3 nitrogen and oxygen atoms in total. The summed E-state index contributed by atoms with van der Waals surface area (Å²) in [5, 5.41) is 9.12. The highest BCUT2D eigenvalue weighted by Gasteiger charge is 2.31. The average Bonchev–Trinajstić information content (AvgIpc) is 2.40. The zero-order chi connectivity index (χ0) is 12.1. The zero-order valence-corrected chi connectivity index (χ0v) is 10.9. The van der Waals surface area contributed by atoms with Gasteiger partial charge in [0.1, 0.15) is 0 Å². The topological polar surface area (TPSA) is 38.7 Å². The molecule has 0 atom stereocenters. The molecule has 0 radical (unpaired) electrons. The lowest BCUT2D eigenvalue weighted by Crippen LogP contribution is -2.38. The maximum absolute atomic E-state index is 9.12. The summed E-state index contributed by atoms with van der Waals surface area (Å²) >= 11 is 0. The van der Waals surface area contributed by atoms with Gasteiger partial charge in [0.2, 0.25) is 0 Å². The minimum atomic E-state index is 0.0303. The predicted octanol–water partition coefficient (Wildman–Crippen LogP) is 2.57. The average molecular weight is 242 g/mol. The highest BCUT2D eigenvalue weighted by molar-refractivity contribution is 4.76. The van der Waals surface area contributed by atoms with Crippen molar-refractivity contribution in [2.24, 2.45) is 17.8 Å². The van der Waals surface area contributed by atoms with Crippen LogP contribution in [0.15, 0.2) is 0 Å². The Balaban J connectivity index is 1.70. The number of hydrogen-bond donors (Lipinski definition) is 1. The molecule has 1 aliphatic heterocycles. The Kier molecular flexibility index (Phi) is 5.26. The largest absolute Gasteiger partial charge is 0.396 e. The third-order valence-corrected chi connectivity index (χ3v) is 4.22. The van der Waals surface area contributed by atoms with E-state index in [1.54, 1.807) is 0 Å². The fraction of sp³-hybridized carbons (Fsp3) is 1.00. The van der Waals surface area contributed by atoms with Gasteiger partial charge in [0, 0.05) is 18.4 Å². The molecular formula is C14H26O3. The zero-order valence-electron chi connectivity index (χ0n) is 10.9. The second-order valence-corrected chi connectivity index (χ2v) is 5.65. The summed E-state index contributed by atoms with van der Waals surface area (Å²) in [4.78, 5) is 0. The van der Waals surface area contributed by atoms with E-state index in [-0.39, 0.29) is 6.29 Å². The Morgan fingerprint density at radius 1 is 1.00 bits per heavy atom. The van der Waals surface area contributed by atoms with E-state index in [1.807, 2.05) is 0 Å². The molecule has 0 aromatic rings. The highest BCUT2D eigenvalue weighted by atomic mass is 16.7. The first kappa shape index (κ1) is 13.3. The van der Waals surface area contributed by atoms with Crippen molar-refractivity contribution in [3.8, 4) is 0 Å². The monoisotopic (exact) mass is 242 g/mol. The van der Waals surface area contributed by atoms with Crippen molar-refractivity contribution in [3.63, 3.8) is 0 Å². The van der Waals surface area contributed by atoms with E-state index in [2.05, 4.69) is 6.92 Å². The lowest BCUT2D eigenvalue weighted by Gasteiger charge is -2.37. The van der Waals surface area contributed by atoms with E-state index in [9.17, 15) is 0 Å². The number of ether oxygens (including phenoxy) is 2. The van der Waals surface area contributed by atoms with Crippen molar-refractivity contribution < 1.29 is 14.6 Å². The van der Waals surface area contributed by atoms with Gasteiger partial charge in [-0.1, -0.05) is 13.3 Å². The maximum Gasteiger partial charge on any atom is 0.160 e. The quantitative estimate of drug-likeness (QED) is 0.823. The molecule has 2 fully saturated rings. The smallest absolute Gasteiger partial charge is 0.160 e. The summed E-state index contributed by atoms with van der Waals surface area (Å²) in [6, 6.07) is 0. The van der Waals surface area contributed by atoms with E-state index < -0.39 is 0 Å². The summed E-state index contributed by atoms with van der Waals surface area (Å²) in [5.74, 6) is 1.67. The van der Waals surface area contributed by atoms with Crippen molar-refractivity contribution in [3.05, 3.63) is 0 Å². The molecule has 2 aliphatic rings. The molecule has 0 unspecified atom stereocenters. The molecule has 1 aliphatic carbocycles. The highest BCUT2D eigenvalue weighted by Crippen LogP contribution is 2.33. The number of rotatable bonds is 4. The van der Waals surface area contributed by atoms with Gasteiger partial charge in [-0.2, -0.15) is 0 Å². The second kappa shape index (κ2) is 6.72. The van der Waals surface area contributed by atoms with E-state index in [0.29, 0.717) is 24.4 Å². The van der Waals surface area contributed by atoms with E-state index >= 15 is 0 Å². The molecule has 1 heterocycles. The molecule has 2 rings (SSSR count). The van der Waals surface area contributed by atoms with Gasteiger partial charge < -0.3 is 14.6 Å². The lowest BCUT2D eigenvalue weighted by molar-refractivity contribution is -0.230. The van der Waals surface area contributed by atoms with E-state index in [4.69, 9.17) is 14.6 Å². The Morgan fingerprint density at radius 2 is 1.65 bits per heavy atom. The molecule has 0 aromatic heterocycles. The molecule has 0 aromatic carbocycles. The fourth-order valence-electron chi connectivity index (χ4n) is 3.05. The predicted molar refractivity (Wildman–Crippen MR) is 66.6 cm³/mol. The van der Waals surface area contributed by atoms with Crippen LogP contribution in [0, 0.1) is 17.8 Å². The van der Waals surface area contributed by atoms with Gasteiger partial charge in [-0.3, -0.25) is 0 Å². The van der Waals surface area contributed by atoms with Crippen LogP contribution in [0.1, 0.15) is 45.4 Å². The molecule has 17 heavy (non-hydrogen) atoms. The summed E-state index contributed by atoms with van der Waals surface area (Å²) in [6.07, 6.45) is 7.00. The molecule has 0 amide bonds. The number of hydrogen-bond acceptors (Lipinski definition) is 3. The van der Waals surface area contributed by atoms with Gasteiger partial charge in [-0.25, -0.2) is 0 Å². The van der Waals surface area contributed by atoms with Crippen LogP contribution in [0.4, 0.5) is 0 Å². The Hall–Kier alpha value is -0.120. The number of aliphatic hydroxyl groups excluding tert-OH is 1. The minimum absolute atomic E-state index is 0.0303. The first-order valence-electron chi connectivity index (χ1n) is 7.17. The Bertz CT molecular complexity index is 204. The van der Waals surface area contributed by atoms with Crippen LogP contribution < -0.4 is 0 Å². The third kappa shape index (κ3) is 3.67. The SMILES string of the molecule is CCCC1COC(C2CCC(CO)CC2)OC1. The second-order valence-electron chi connectivity index (χ2n) is 5.65. The first-order chi connectivity index (χ1) is 8.33. The first-order valence-corrected chi connectivity index (χ1v) is 7.17. The summed E-state index contributed by atoms with van der Waals surface area (Å²) in [5.41, 5.74) is 0. The molecular weight excluding hydrogens is 216 g/mol.